The topological polar surface area (TPSA) is 110 Å². The van der Waals surface area contributed by atoms with E-state index in [1.165, 1.54) is 244 Å². The first kappa shape index (κ1) is 62.1. The summed E-state index contributed by atoms with van der Waals surface area (Å²) in [5, 5.41) is 44.0. The maximum Gasteiger partial charge on any atom is 0.249 e. The number of carbonyl (C=O) groups is 1. The highest BCUT2D eigenvalue weighted by Gasteiger charge is 2.28. The lowest BCUT2D eigenvalue weighted by Gasteiger charge is -2.27. The Morgan fingerprint density at radius 3 is 0.921 bits per heavy atom. The van der Waals surface area contributed by atoms with Gasteiger partial charge in [-0.15, -0.1) is 0 Å². The second kappa shape index (κ2) is 52.0. The molecule has 6 heteroatoms. The molecule has 0 saturated heterocycles. The van der Waals surface area contributed by atoms with Gasteiger partial charge in [0, 0.05) is 0 Å². The maximum atomic E-state index is 12.6. The quantitative estimate of drug-likeness (QED) is 0.0309. The smallest absolute Gasteiger partial charge is 0.249 e. The molecule has 0 saturated carbocycles. The number of carbonyl (C=O) groups excluding carboxylic acids is 1. The fourth-order valence-corrected chi connectivity index (χ4v) is 9.23. The Morgan fingerprint density at radius 2 is 0.635 bits per heavy atom. The van der Waals surface area contributed by atoms with E-state index in [0.717, 1.165) is 44.9 Å². The molecule has 4 unspecified atom stereocenters. The van der Waals surface area contributed by atoms with Gasteiger partial charge in [-0.3, -0.25) is 4.79 Å². The van der Waals surface area contributed by atoms with Gasteiger partial charge in [0.05, 0.1) is 18.8 Å². The molecule has 0 aromatic rings. The Morgan fingerprint density at radius 1 is 0.381 bits per heavy atom. The first-order valence-corrected chi connectivity index (χ1v) is 28.6. The highest BCUT2D eigenvalue weighted by molar-refractivity contribution is 5.80. The Hall–Kier alpha value is -0.950. The standard InChI is InChI=1S/C57H113NO5/c1-3-5-7-9-11-13-15-17-19-21-23-25-26-27-28-29-31-32-34-36-38-40-42-44-46-48-50-54(60)56(62)53(52-59)58-57(63)55(61)51-49-47-45-43-41-39-37-35-33-30-24-22-20-18-16-14-12-10-8-6-4-2/h33,35,53-56,59-62H,3-32,34,36-52H2,1-2H3,(H,58,63)/b35-33-. The van der Waals surface area contributed by atoms with Crippen LogP contribution in [0.3, 0.4) is 0 Å². The van der Waals surface area contributed by atoms with Gasteiger partial charge in [0.1, 0.15) is 12.2 Å². The lowest BCUT2D eigenvalue weighted by molar-refractivity contribution is -0.132. The summed E-state index contributed by atoms with van der Waals surface area (Å²) in [6.45, 7) is 4.09. The average Bonchev–Trinajstić information content (AvgIpc) is 3.29. The number of aliphatic hydroxyl groups excluding tert-OH is 4. The van der Waals surface area contributed by atoms with Crippen LogP contribution in [0.25, 0.3) is 0 Å². The molecule has 0 aromatic carbocycles. The summed E-state index contributed by atoms with van der Waals surface area (Å²) in [6, 6.07) is -0.986. The zero-order valence-electron chi connectivity index (χ0n) is 42.6. The summed E-state index contributed by atoms with van der Waals surface area (Å²) in [5.41, 5.74) is 0. The number of rotatable bonds is 53. The van der Waals surface area contributed by atoms with Gasteiger partial charge in [0.15, 0.2) is 0 Å². The third kappa shape index (κ3) is 46.0. The number of unbranched alkanes of at least 4 members (excludes halogenated alkanes) is 42. The third-order valence-corrected chi connectivity index (χ3v) is 13.7. The minimum Gasteiger partial charge on any atom is -0.394 e. The molecule has 0 fully saturated rings. The molecule has 0 rings (SSSR count). The van der Waals surface area contributed by atoms with Crippen LogP contribution in [0.1, 0.15) is 316 Å². The minimum atomic E-state index is -1.26. The fourth-order valence-electron chi connectivity index (χ4n) is 9.23. The summed E-state index contributed by atoms with van der Waals surface area (Å²) in [7, 11) is 0. The Labute approximate surface area is 393 Å². The minimum absolute atomic E-state index is 0.365. The molecule has 63 heavy (non-hydrogen) atoms. The number of amides is 1. The van der Waals surface area contributed by atoms with Crippen LogP contribution in [-0.4, -0.2) is 57.3 Å². The van der Waals surface area contributed by atoms with E-state index in [1.54, 1.807) is 0 Å². The maximum absolute atomic E-state index is 12.6. The van der Waals surface area contributed by atoms with Gasteiger partial charge in [-0.25, -0.2) is 0 Å². The molecule has 0 aliphatic carbocycles. The van der Waals surface area contributed by atoms with Crippen molar-refractivity contribution in [3.05, 3.63) is 12.2 Å². The van der Waals surface area contributed by atoms with Crippen LogP contribution in [0.5, 0.6) is 0 Å². The van der Waals surface area contributed by atoms with Crippen molar-refractivity contribution in [3.63, 3.8) is 0 Å². The van der Waals surface area contributed by atoms with Crippen molar-refractivity contribution in [2.45, 2.75) is 340 Å². The van der Waals surface area contributed by atoms with E-state index in [0.29, 0.717) is 12.8 Å². The molecule has 4 atom stereocenters. The molecular formula is C57H113NO5. The summed E-state index contributed by atoms with van der Waals surface area (Å²) >= 11 is 0. The molecule has 1 amide bonds. The van der Waals surface area contributed by atoms with Crippen LogP contribution in [-0.2, 0) is 4.79 Å². The Bertz CT molecular complexity index is 913. The van der Waals surface area contributed by atoms with Gasteiger partial charge in [0.25, 0.3) is 0 Å². The van der Waals surface area contributed by atoms with Gasteiger partial charge >= 0.3 is 0 Å². The van der Waals surface area contributed by atoms with Crippen LogP contribution in [0.4, 0.5) is 0 Å². The molecule has 0 aliphatic heterocycles. The summed E-state index contributed by atoms with van der Waals surface area (Å²) in [6.07, 6.45) is 61.4. The van der Waals surface area contributed by atoms with Crippen molar-refractivity contribution in [3.8, 4) is 0 Å². The van der Waals surface area contributed by atoms with Crippen LogP contribution in [0, 0.1) is 0 Å². The predicted octanol–water partition coefficient (Wildman–Crippen LogP) is 16.5. The van der Waals surface area contributed by atoms with Gasteiger partial charge in [-0.1, -0.05) is 289 Å². The second-order valence-electron chi connectivity index (χ2n) is 20.0. The Balaban J connectivity index is 3.61. The second-order valence-corrected chi connectivity index (χ2v) is 20.0. The number of hydrogen-bond donors (Lipinski definition) is 5. The van der Waals surface area contributed by atoms with Crippen molar-refractivity contribution < 1.29 is 25.2 Å². The molecule has 0 radical (unpaired) electrons. The molecule has 0 bridgehead atoms. The van der Waals surface area contributed by atoms with Crippen molar-refractivity contribution in [2.24, 2.45) is 0 Å². The number of hydrogen-bond acceptors (Lipinski definition) is 5. The van der Waals surface area contributed by atoms with E-state index in [9.17, 15) is 25.2 Å². The van der Waals surface area contributed by atoms with Crippen LogP contribution in [0.2, 0.25) is 0 Å². The van der Waals surface area contributed by atoms with E-state index >= 15 is 0 Å². The monoisotopic (exact) mass is 892 g/mol. The highest BCUT2D eigenvalue weighted by atomic mass is 16.3. The van der Waals surface area contributed by atoms with Gasteiger partial charge in [-0.2, -0.15) is 0 Å². The van der Waals surface area contributed by atoms with Crippen molar-refractivity contribution >= 4 is 5.91 Å². The normalized spacial score (nSPS) is 13.8. The fraction of sp³-hybridized carbons (Fsp3) is 0.947. The first-order chi connectivity index (χ1) is 31.0. The molecule has 0 aliphatic rings. The van der Waals surface area contributed by atoms with Gasteiger partial charge in [0.2, 0.25) is 5.91 Å². The zero-order chi connectivity index (χ0) is 45.9. The average molecular weight is 893 g/mol. The molecule has 6 nitrogen and oxygen atoms in total. The van der Waals surface area contributed by atoms with Crippen molar-refractivity contribution in [1.29, 1.82) is 0 Å². The van der Waals surface area contributed by atoms with E-state index in [2.05, 4.69) is 31.3 Å². The van der Waals surface area contributed by atoms with E-state index in [-0.39, 0.29) is 0 Å². The van der Waals surface area contributed by atoms with E-state index < -0.39 is 36.9 Å². The molecular weight excluding hydrogens is 779 g/mol. The zero-order valence-corrected chi connectivity index (χ0v) is 42.6. The molecule has 5 N–H and O–H groups in total. The van der Waals surface area contributed by atoms with Crippen LogP contribution >= 0.6 is 0 Å². The van der Waals surface area contributed by atoms with Crippen LogP contribution < -0.4 is 5.32 Å². The van der Waals surface area contributed by atoms with Crippen LogP contribution in [0.15, 0.2) is 12.2 Å². The molecule has 376 valence electrons. The van der Waals surface area contributed by atoms with E-state index in [1.807, 2.05) is 0 Å². The van der Waals surface area contributed by atoms with E-state index in [4.69, 9.17) is 0 Å². The molecule has 0 heterocycles. The molecule has 0 aromatic heterocycles. The Kier molecular flexibility index (Phi) is 51.2. The lowest BCUT2D eigenvalue weighted by Crippen LogP contribution is -2.53. The number of nitrogens with one attached hydrogen (secondary N) is 1. The summed E-state index contributed by atoms with van der Waals surface area (Å²) < 4.78 is 0. The first-order valence-electron chi connectivity index (χ1n) is 28.6. The van der Waals surface area contributed by atoms with Gasteiger partial charge in [-0.05, 0) is 38.5 Å². The number of aliphatic hydroxyl groups is 4. The van der Waals surface area contributed by atoms with Crippen molar-refractivity contribution in [2.75, 3.05) is 6.61 Å². The number of allylic oxidation sites excluding steroid dienone is 2. The van der Waals surface area contributed by atoms with Crippen molar-refractivity contribution in [1.82, 2.24) is 5.32 Å². The lowest BCUT2D eigenvalue weighted by atomic mass is 9.99. The summed E-state index contributed by atoms with van der Waals surface area (Å²) in [5.74, 6) is -0.583. The third-order valence-electron chi connectivity index (χ3n) is 13.7. The van der Waals surface area contributed by atoms with Gasteiger partial charge < -0.3 is 25.7 Å². The SMILES string of the molecule is CCCCCCCCCCCCC/C=C\CCCCCCCCC(O)C(=O)NC(CO)C(O)C(O)CCCCCCCCCCCCCCCCCCCCCCCCCCCC. The summed E-state index contributed by atoms with van der Waals surface area (Å²) in [4.78, 5) is 12.6. The predicted molar refractivity (Wildman–Crippen MR) is 275 cm³/mol. The largest absolute Gasteiger partial charge is 0.394 e. The highest BCUT2D eigenvalue weighted by Crippen LogP contribution is 2.18. The molecule has 0 spiro atoms.